The normalized spacial score (nSPS) is 15.4. The summed E-state index contributed by atoms with van der Waals surface area (Å²) in [4.78, 5) is 0. The predicted octanol–water partition coefficient (Wildman–Crippen LogP) is 2.49. The highest BCUT2D eigenvalue weighted by Gasteiger charge is 2.15. The zero-order valence-electron chi connectivity index (χ0n) is 9.18. The molecule has 0 aliphatic heterocycles. The molecule has 2 N–H and O–H groups in total. The summed E-state index contributed by atoms with van der Waals surface area (Å²) in [5.74, 6) is 0. The van der Waals surface area contributed by atoms with Crippen LogP contribution in [-0.2, 0) is 4.74 Å². The molecule has 78 valence electrons. The maximum atomic E-state index is 6.01. The van der Waals surface area contributed by atoms with Crippen LogP contribution in [-0.4, -0.2) is 18.8 Å². The van der Waals surface area contributed by atoms with Crippen molar-refractivity contribution < 1.29 is 4.74 Å². The molecule has 0 aliphatic carbocycles. The maximum absolute atomic E-state index is 6.01. The molecule has 2 unspecified atom stereocenters. The molecule has 13 heavy (non-hydrogen) atoms. The minimum atomic E-state index is 0.109. The molecule has 0 heterocycles. The van der Waals surface area contributed by atoms with E-state index in [9.17, 15) is 0 Å². The number of hydrogen-bond donors (Lipinski definition) is 1. The predicted molar refractivity (Wildman–Crippen MR) is 57.7 cm³/mol. The van der Waals surface area contributed by atoms with Crippen molar-refractivity contribution in [2.24, 2.45) is 5.73 Å². The van der Waals surface area contributed by atoms with Crippen molar-refractivity contribution in [3.63, 3.8) is 0 Å². The van der Waals surface area contributed by atoms with Gasteiger partial charge in [-0.05, 0) is 26.2 Å². The van der Waals surface area contributed by atoms with E-state index in [2.05, 4.69) is 20.4 Å². The first-order valence-corrected chi connectivity index (χ1v) is 5.19. The largest absolute Gasteiger partial charge is 0.377 e. The molecule has 2 heteroatoms. The van der Waals surface area contributed by atoms with Crippen molar-refractivity contribution in [1.82, 2.24) is 0 Å². The van der Waals surface area contributed by atoms with Crippen LogP contribution in [0.3, 0.4) is 0 Å². The van der Waals surface area contributed by atoms with Gasteiger partial charge < -0.3 is 10.5 Å². The molecule has 0 fully saturated rings. The third kappa shape index (κ3) is 5.06. The van der Waals surface area contributed by atoms with Gasteiger partial charge in [0, 0.05) is 12.6 Å². The third-order valence-electron chi connectivity index (χ3n) is 2.29. The Kier molecular flexibility index (Phi) is 6.92. The van der Waals surface area contributed by atoms with Crippen molar-refractivity contribution in [2.45, 2.75) is 52.2 Å². The van der Waals surface area contributed by atoms with Crippen molar-refractivity contribution in [3.8, 4) is 0 Å². The first-order chi connectivity index (χ1) is 6.15. The van der Waals surface area contributed by atoms with Crippen LogP contribution in [0, 0.1) is 0 Å². The Morgan fingerprint density at radius 2 is 2.00 bits per heavy atom. The second-order valence-electron chi connectivity index (χ2n) is 3.37. The number of ether oxygens (including phenoxy) is 1. The molecule has 0 radical (unpaired) electrons. The Bertz CT molecular complexity index is 145. The highest BCUT2D eigenvalue weighted by atomic mass is 16.5. The fourth-order valence-corrected chi connectivity index (χ4v) is 1.37. The van der Waals surface area contributed by atoms with E-state index in [0.29, 0.717) is 0 Å². The van der Waals surface area contributed by atoms with Crippen LogP contribution in [0.1, 0.15) is 40.0 Å². The van der Waals surface area contributed by atoms with E-state index in [1.165, 1.54) is 5.57 Å². The highest BCUT2D eigenvalue weighted by Crippen LogP contribution is 2.12. The van der Waals surface area contributed by atoms with Gasteiger partial charge in [0.1, 0.15) is 0 Å². The zero-order chi connectivity index (χ0) is 10.3. The molecule has 0 aromatic heterocycles. The van der Waals surface area contributed by atoms with Crippen molar-refractivity contribution in [2.75, 3.05) is 6.61 Å². The molecule has 0 saturated heterocycles. The lowest BCUT2D eigenvalue weighted by Gasteiger charge is -2.22. The Morgan fingerprint density at radius 3 is 2.38 bits per heavy atom. The van der Waals surface area contributed by atoms with Gasteiger partial charge in [0.05, 0.1) is 6.10 Å². The number of rotatable bonds is 7. The van der Waals surface area contributed by atoms with Crippen molar-refractivity contribution in [3.05, 3.63) is 12.2 Å². The van der Waals surface area contributed by atoms with Gasteiger partial charge in [-0.15, -0.1) is 0 Å². The average Bonchev–Trinajstić information content (AvgIpc) is 2.13. The molecule has 0 aromatic carbocycles. The molecule has 0 aliphatic rings. The van der Waals surface area contributed by atoms with Crippen LogP contribution < -0.4 is 5.73 Å². The summed E-state index contributed by atoms with van der Waals surface area (Å²) in [6.45, 7) is 10.9. The second-order valence-corrected chi connectivity index (χ2v) is 3.37. The maximum Gasteiger partial charge on any atom is 0.0726 e. The lowest BCUT2D eigenvalue weighted by Crippen LogP contribution is -2.36. The monoisotopic (exact) mass is 185 g/mol. The summed E-state index contributed by atoms with van der Waals surface area (Å²) in [6.07, 6.45) is 3.06. The lowest BCUT2D eigenvalue weighted by atomic mass is 10.0. The average molecular weight is 185 g/mol. The van der Waals surface area contributed by atoms with Crippen LogP contribution in [0.5, 0.6) is 0 Å². The Morgan fingerprint density at radius 1 is 1.38 bits per heavy atom. The topological polar surface area (TPSA) is 35.2 Å². The minimum Gasteiger partial charge on any atom is -0.377 e. The quantitative estimate of drug-likeness (QED) is 0.618. The summed E-state index contributed by atoms with van der Waals surface area (Å²) < 4.78 is 5.53. The van der Waals surface area contributed by atoms with E-state index in [4.69, 9.17) is 10.5 Å². The minimum absolute atomic E-state index is 0.109. The molecule has 0 aromatic rings. The first kappa shape index (κ1) is 12.7. The number of hydrogen-bond acceptors (Lipinski definition) is 2. The highest BCUT2D eigenvalue weighted by molar-refractivity contribution is 4.97. The summed E-state index contributed by atoms with van der Waals surface area (Å²) >= 11 is 0. The van der Waals surface area contributed by atoms with Gasteiger partial charge in [0.2, 0.25) is 0 Å². The molecule has 0 spiro atoms. The summed E-state index contributed by atoms with van der Waals surface area (Å²) in [5.41, 5.74) is 7.22. The summed E-state index contributed by atoms with van der Waals surface area (Å²) in [6, 6.07) is 0.109. The fourth-order valence-electron chi connectivity index (χ4n) is 1.37. The SMILES string of the molecule is C=C(CC)CC(N)C(CC)OCC. The standard InChI is InChI=1S/C11H23NO/c1-5-9(4)8-10(12)11(6-2)13-7-3/h10-11H,4-8,12H2,1-3H3. The Hall–Kier alpha value is -0.340. The third-order valence-corrected chi connectivity index (χ3v) is 2.29. The molecular formula is C11H23NO. The van der Waals surface area contributed by atoms with Crippen LogP contribution in [0.2, 0.25) is 0 Å². The molecule has 2 nitrogen and oxygen atoms in total. The Balaban J connectivity index is 3.89. The Labute approximate surface area is 82.2 Å². The van der Waals surface area contributed by atoms with Gasteiger partial charge in [-0.2, -0.15) is 0 Å². The van der Waals surface area contributed by atoms with Gasteiger partial charge in [0.15, 0.2) is 0 Å². The molecular weight excluding hydrogens is 162 g/mol. The second kappa shape index (κ2) is 7.10. The van der Waals surface area contributed by atoms with Gasteiger partial charge in [-0.25, -0.2) is 0 Å². The summed E-state index contributed by atoms with van der Waals surface area (Å²) in [5, 5.41) is 0. The lowest BCUT2D eigenvalue weighted by molar-refractivity contribution is 0.0416. The van der Waals surface area contributed by atoms with Gasteiger partial charge in [-0.3, -0.25) is 0 Å². The number of nitrogens with two attached hydrogens (primary N) is 1. The van der Waals surface area contributed by atoms with Gasteiger partial charge in [-0.1, -0.05) is 26.0 Å². The van der Waals surface area contributed by atoms with Crippen LogP contribution in [0.25, 0.3) is 0 Å². The smallest absolute Gasteiger partial charge is 0.0726 e. The van der Waals surface area contributed by atoms with Crippen LogP contribution >= 0.6 is 0 Å². The van der Waals surface area contributed by atoms with Crippen LogP contribution in [0.15, 0.2) is 12.2 Å². The van der Waals surface area contributed by atoms with E-state index in [-0.39, 0.29) is 12.1 Å². The molecule has 0 amide bonds. The van der Waals surface area contributed by atoms with E-state index in [1.54, 1.807) is 0 Å². The van der Waals surface area contributed by atoms with Crippen molar-refractivity contribution in [1.29, 1.82) is 0 Å². The van der Waals surface area contributed by atoms with Gasteiger partial charge >= 0.3 is 0 Å². The van der Waals surface area contributed by atoms with Crippen LogP contribution in [0.4, 0.5) is 0 Å². The molecule has 0 saturated carbocycles. The van der Waals surface area contributed by atoms with E-state index in [0.717, 1.165) is 25.9 Å². The van der Waals surface area contributed by atoms with E-state index >= 15 is 0 Å². The first-order valence-electron chi connectivity index (χ1n) is 5.19. The molecule has 2 atom stereocenters. The summed E-state index contributed by atoms with van der Waals surface area (Å²) in [7, 11) is 0. The fraction of sp³-hybridized carbons (Fsp3) is 0.818. The van der Waals surface area contributed by atoms with E-state index in [1.807, 2.05) is 6.92 Å². The van der Waals surface area contributed by atoms with E-state index < -0.39 is 0 Å². The molecule has 0 rings (SSSR count). The zero-order valence-corrected chi connectivity index (χ0v) is 9.18. The molecule has 0 bridgehead atoms. The van der Waals surface area contributed by atoms with Gasteiger partial charge in [0.25, 0.3) is 0 Å². The van der Waals surface area contributed by atoms with Crippen molar-refractivity contribution >= 4 is 0 Å².